The van der Waals surface area contributed by atoms with E-state index in [0.717, 1.165) is 6.33 Å². The van der Waals surface area contributed by atoms with Gasteiger partial charge < -0.3 is 16.5 Å². The average molecular weight is 227 g/mol. The van der Waals surface area contributed by atoms with Gasteiger partial charge in [-0.15, -0.1) is 0 Å². The maximum atomic E-state index is 10.7. The smallest absolute Gasteiger partial charge is 0.354 e. The van der Waals surface area contributed by atoms with E-state index in [1.165, 1.54) is 0 Å². The summed E-state index contributed by atoms with van der Waals surface area (Å²) in [6, 6.07) is 0. The molecule has 0 atom stereocenters. The highest BCUT2D eigenvalue weighted by Gasteiger charge is 2.22. The van der Waals surface area contributed by atoms with Crippen LogP contribution in [0.5, 0.6) is 0 Å². The van der Waals surface area contributed by atoms with Crippen LogP contribution >= 0.6 is 0 Å². The number of carbonyl (C=O) groups excluding carboxylic acids is 1. The van der Waals surface area contributed by atoms with Crippen LogP contribution < -0.4 is 22.3 Å². The lowest BCUT2D eigenvalue weighted by atomic mass is 10.4. The average Bonchev–Trinajstić information content (AvgIpc) is 2.25. The molecule has 0 aliphatic heterocycles. The molecular weight excluding hydrogens is 218 g/mol. The van der Waals surface area contributed by atoms with Crippen molar-refractivity contribution in [1.29, 1.82) is 0 Å². The molecule has 0 aromatic carbocycles. The summed E-state index contributed by atoms with van der Waals surface area (Å²) in [5, 5.41) is 13.1. The summed E-state index contributed by atoms with van der Waals surface area (Å²) >= 11 is 0. The van der Waals surface area contributed by atoms with Crippen LogP contribution in [0, 0.1) is 10.1 Å². The van der Waals surface area contributed by atoms with Crippen LogP contribution in [0.1, 0.15) is 0 Å². The monoisotopic (exact) mass is 227 g/mol. The molecular formula is C6H9N7O3. The van der Waals surface area contributed by atoms with Crippen LogP contribution in [0.15, 0.2) is 6.33 Å². The van der Waals surface area contributed by atoms with E-state index >= 15 is 0 Å². The third-order valence-electron chi connectivity index (χ3n) is 1.57. The Kier molecular flexibility index (Phi) is 3.50. The molecule has 0 unspecified atom stereocenters. The number of aromatic nitrogens is 2. The van der Waals surface area contributed by atoms with Gasteiger partial charge in [0.05, 0.1) is 11.5 Å². The van der Waals surface area contributed by atoms with Gasteiger partial charge in [-0.2, -0.15) is 0 Å². The summed E-state index contributed by atoms with van der Waals surface area (Å²) < 4.78 is 0. The topological polar surface area (TPSA) is 162 Å². The van der Waals surface area contributed by atoms with Crippen molar-refractivity contribution >= 4 is 23.2 Å². The van der Waals surface area contributed by atoms with Crippen molar-refractivity contribution in [1.82, 2.24) is 9.97 Å². The number of hydrogen-bond acceptors (Lipinski definition) is 8. The Morgan fingerprint density at radius 2 is 2.12 bits per heavy atom. The first-order chi connectivity index (χ1) is 7.56. The van der Waals surface area contributed by atoms with Gasteiger partial charge in [-0.05, 0) is 0 Å². The highest BCUT2D eigenvalue weighted by Crippen LogP contribution is 2.27. The minimum absolute atomic E-state index is 0.133. The number of nitrogens with two attached hydrogens (primary N) is 2. The largest absolute Gasteiger partial charge is 0.368 e. The van der Waals surface area contributed by atoms with Crippen molar-refractivity contribution < 1.29 is 9.72 Å². The summed E-state index contributed by atoms with van der Waals surface area (Å²) in [5.41, 5.74) is 6.49. The van der Waals surface area contributed by atoms with Crippen molar-refractivity contribution in [3.05, 3.63) is 16.4 Å². The van der Waals surface area contributed by atoms with E-state index in [-0.39, 0.29) is 18.2 Å². The minimum atomic E-state index is -0.724. The molecule has 1 aromatic heterocycles. The van der Waals surface area contributed by atoms with E-state index in [9.17, 15) is 14.9 Å². The lowest BCUT2D eigenvalue weighted by Crippen LogP contribution is -2.23. The number of carbonyl (C=O) groups is 1. The van der Waals surface area contributed by atoms with Gasteiger partial charge in [0.2, 0.25) is 17.5 Å². The summed E-state index contributed by atoms with van der Waals surface area (Å²) in [7, 11) is 0. The third kappa shape index (κ3) is 2.51. The molecule has 1 aromatic rings. The number of anilines is 2. The van der Waals surface area contributed by atoms with Gasteiger partial charge in [-0.1, -0.05) is 0 Å². The number of nitrogens with zero attached hydrogens (tertiary/aromatic N) is 3. The molecule has 0 saturated heterocycles. The molecule has 86 valence electrons. The lowest BCUT2D eigenvalue weighted by molar-refractivity contribution is -0.383. The molecule has 6 N–H and O–H groups in total. The minimum Gasteiger partial charge on any atom is -0.368 e. The van der Waals surface area contributed by atoms with Crippen molar-refractivity contribution in [2.24, 2.45) is 11.6 Å². The van der Waals surface area contributed by atoms with E-state index in [4.69, 9.17) is 11.6 Å². The second-order valence-electron chi connectivity index (χ2n) is 2.64. The lowest BCUT2D eigenvalue weighted by Gasteiger charge is -2.06. The molecule has 0 fully saturated rings. The number of hydrogen-bond donors (Lipinski definition) is 4. The summed E-state index contributed by atoms with van der Waals surface area (Å²) in [6.07, 6.45) is 1.06. The maximum absolute atomic E-state index is 10.7. The Morgan fingerprint density at radius 3 is 2.62 bits per heavy atom. The van der Waals surface area contributed by atoms with E-state index in [1.54, 1.807) is 0 Å². The van der Waals surface area contributed by atoms with Crippen LogP contribution in [-0.2, 0) is 4.79 Å². The number of nitrogen functional groups attached to an aromatic ring is 1. The Labute approximate surface area is 89.2 Å². The van der Waals surface area contributed by atoms with Gasteiger partial charge in [0.25, 0.3) is 0 Å². The molecule has 1 heterocycles. The molecule has 1 amide bonds. The normalized spacial score (nSPS) is 9.56. The predicted octanol–water partition coefficient (Wildman–Crippen LogP) is -1.43. The number of hydrazine groups is 1. The summed E-state index contributed by atoms with van der Waals surface area (Å²) in [4.78, 5) is 27.7. The Balaban J connectivity index is 3.07. The van der Waals surface area contributed by atoms with Crippen LogP contribution in [0.2, 0.25) is 0 Å². The second-order valence-corrected chi connectivity index (χ2v) is 2.64. The molecule has 0 saturated carbocycles. The van der Waals surface area contributed by atoms with Gasteiger partial charge in [0.15, 0.2) is 0 Å². The Hall–Kier alpha value is -2.49. The fraction of sp³-hybridized carbons (Fsp3) is 0.167. The molecule has 10 heteroatoms. The van der Waals surface area contributed by atoms with Gasteiger partial charge in [-0.3, -0.25) is 14.9 Å². The van der Waals surface area contributed by atoms with Gasteiger partial charge in [-0.25, -0.2) is 15.8 Å². The van der Waals surface area contributed by atoms with Crippen LogP contribution in [0.3, 0.4) is 0 Å². The van der Waals surface area contributed by atoms with Gasteiger partial charge in [0, 0.05) is 0 Å². The molecule has 16 heavy (non-hydrogen) atoms. The van der Waals surface area contributed by atoms with Crippen molar-refractivity contribution in [3.8, 4) is 0 Å². The SMILES string of the molecule is NNc1ncnc(NCC(N)=O)c1[N+](=O)[O-]. The molecule has 0 radical (unpaired) electrons. The highest BCUT2D eigenvalue weighted by molar-refractivity contribution is 5.80. The van der Waals surface area contributed by atoms with Gasteiger partial charge >= 0.3 is 5.69 Å². The van der Waals surface area contributed by atoms with Crippen molar-refractivity contribution in [3.63, 3.8) is 0 Å². The molecule has 0 aliphatic rings. The Morgan fingerprint density at radius 1 is 1.50 bits per heavy atom. The van der Waals surface area contributed by atoms with Gasteiger partial charge in [0.1, 0.15) is 6.33 Å². The fourth-order valence-electron chi connectivity index (χ4n) is 0.958. The molecule has 10 nitrogen and oxygen atoms in total. The zero-order valence-electron chi connectivity index (χ0n) is 8.01. The number of nitro groups is 1. The second kappa shape index (κ2) is 4.84. The first-order valence-electron chi connectivity index (χ1n) is 4.04. The first-order valence-corrected chi connectivity index (χ1v) is 4.04. The third-order valence-corrected chi connectivity index (χ3v) is 1.57. The summed E-state index contributed by atoms with van der Waals surface area (Å²) in [6.45, 7) is -0.276. The van der Waals surface area contributed by atoms with Crippen LogP contribution in [0.25, 0.3) is 0 Å². The molecule has 1 rings (SSSR count). The number of rotatable bonds is 5. The molecule has 0 aliphatic carbocycles. The van der Waals surface area contributed by atoms with Crippen LogP contribution in [0.4, 0.5) is 17.3 Å². The van der Waals surface area contributed by atoms with Crippen molar-refractivity contribution in [2.75, 3.05) is 17.3 Å². The quantitative estimate of drug-likeness (QED) is 0.270. The van der Waals surface area contributed by atoms with Crippen molar-refractivity contribution in [2.45, 2.75) is 0 Å². The number of nitrogens with one attached hydrogen (secondary N) is 2. The highest BCUT2D eigenvalue weighted by atomic mass is 16.6. The standard InChI is InChI=1S/C6H9N7O3/c7-3(14)1-9-5-4(13(15)16)6(12-8)11-2-10-5/h2H,1,8H2,(H2,7,14)(H2,9,10,11,12). The fourth-order valence-corrected chi connectivity index (χ4v) is 0.958. The summed E-state index contributed by atoms with van der Waals surface area (Å²) in [5.74, 6) is 4.09. The van der Waals surface area contributed by atoms with E-state index in [1.807, 2.05) is 0 Å². The zero-order valence-corrected chi connectivity index (χ0v) is 8.01. The first kappa shape index (κ1) is 11.6. The van der Waals surface area contributed by atoms with E-state index in [0.29, 0.717) is 0 Å². The Bertz CT molecular complexity index is 421. The predicted molar refractivity (Wildman–Crippen MR) is 54.2 cm³/mol. The van der Waals surface area contributed by atoms with E-state index < -0.39 is 16.5 Å². The van der Waals surface area contributed by atoms with E-state index in [2.05, 4.69) is 20.7 Å². The molecule has 0 bridgehead atoms. The maximum Gasteiger partial charge on any atom is 0.354 e. The van der Waals surface area contributed by atoms with Crippen LogP contribution in [-0.4, -0.2) is 27.3 Å². The number of amides is 1. The molecule has 0 spiro atoms. The zero-order chi connectivity index (χ0) is 12.1. The number of primary amides is 1.